The standard InChI is InChI=1S/C18H16ClN3O4S/c1-12(13-5-3-2-4-6-13)20-17(23)18-21-16(22-26-18)11-27(24,25)15-9-7-14(19)8-10-15/h2-10,12H,11H2,1H3,(H,20,23). The Labute approximate surface area is 161 Å². The van der Waals surface area contributed by atoms with Gasteiger partial charge in [0.25, 0.3) is 0 Å². The molecule has 0 fully saturated rings. The number of rotatable bonds is 6. The topological polar surface area (TPSA) is 102 Å². The van der Waals surface area contributed by atoms with Crippen LogP contribution in [0.1, 0.15) is 35.0 Å². The molecule has 9 heteroatoms. The predicted molar refractivity (Wildman–Crippen MR) is 99.0 cm³/mol. The maximum Gasteiger partial charge on any atom is 0.315 e. The molecule has 0 bridgehead atoms. The van der Waals surface area contributed by atoms with Crippen LogP contribution in [0.3, 0.4) is 0 Å². The van der Waals surface area contributed by atoms with Crippen molar-refractivity contribution in [2.75, 3.05) is 0 Å². The largest absolute Gasteiger partial charge is 0.341 e. The first kappa shape index (κ1) is 19.1. The van der Waals surface area contributed by atoms with E-state index in [0.29, 0.717) is 5.02 Å². The normalized spacial score (nSPS) is 12.5. The first-order valence-electron chi connectivity index (χ1n) is 8.02. The van der Waals surface area contributed by atoms with E-state index in [9.17, 15) is 13.2 Å². The number of carbonyl (C=O) groups excluding carboxylic acids is 1. The van der Waals surface area contributed by atoms with Crippen LogP contribution in [0.5, 0.6) is 0 Å². The minimum Gasteiger partial charge on any atom is -0.341 e. The number of benzene rings is 2. The second-order valence-corrected chi connectivity index (χ2v) is 8.26. The van der Waals surface area contributed by atoms with Gasteiger partial charge in [-0.25, -0.2) is 8.42 Å². The highest BCUT2D eigenvalue weighted by molar-refractivity contribution is 7.90. The van der Waals surface area contributed by atoms with Crippen LogP contribution in [0.25, 0.3) is 0 Å². The van der Waals surface area contributed by atoms with E-state index in [0.717, 1.165) is 5.56 Å². The maximum atomic E-state index is 12.4. The van der Waals surface area contributed by atoms with Gasteiger partial charge in [0.1, 0.15) is 5.75 Å². The minimum absolute atomic E-state index is 0.0837. The number of nitrogens with one attached hydrogen (secondary N) is 1. The summed E-state index contributed by atoms with van der Waals surface area (Å²) in [5, 5.41) is 6.75. The van der Waals surface area contributed by atoms with Crippen LogP contribution >= 0.6 is 11.6 Å². The van der Waals surface area contributed by atoms with Gasteiger partial charge in [-0.2, -0.15) is 4.98 Å². The molecule has 1 amide bonds. The third-order valence-corrected chi connectivity index (χ3v) is 5.68. The van der Waals surface area contributed by atoms with Crippen LogP contribution in [-0.4, -0.2) is 24.5 Å². The third-order valence-electron chi connectivity index (χ3n) is 3.80. The fourth-order valence-electron chi connectivity index (χ4n) is 2.38. The Morgan fingerprint density at radius 2 is 1.81 bits per heavy atom. The van der Waals surface area contributed by atoms with Crippen molar-refractivity contribution < 1.29 is 17.7 Å². The molecule has 0 radical (unpaired) electrons. The zero-order chi connectivity index (χ0) is 19.4. The average Bonchev–Trinajstić information content (AvgIpc) is 3.10. The Morgan fingerprint density at radius 1 is 1.15 bits per heavy atom. The van der Waals surface area contributed by atoms with Gasteiger partial charge in [-0.3, -0.25) is 4.79 Å². The van der Waals surface area contributed by atoms with Crippen LogP contribution < -0.4 is 5.32 Å². The van der Waals surface area contributed by atoms with Crippen molar-refractivity contribution in [1.82, 2.24) is 15.5 Å². The summed E-state index contributed by atoms with van der Waals surface area (Å²) in [6, 6.07) is 14.8. The van der Waals surface area contributed by atoms with E-state index in [4.69, 9.17) is 16.1 Å². The number of nitrogens with zero attached hydrogens (tertiary/aromatic N) is 2. The van der Waals surface area contributed by atoms with Gasteiger partial charge >= 0.3 is 11.8 Å². The summed E-state index contributed by atoms with van der Waals surface area (Å²) in [7, 11) is -3.68. The van der Waals surface area contributed by atoms with Gasteiger partial charge in [0.2, 0.25) is 0 Å². The van der Waals surface area contributed by atoms with Crippen molar-refractivity contribution in [2.45, 2.75) is 23.6 Å². The Hall–Kier alpha value is -2.71. The molecule has 0 aliphatic heterocycles. The highest BCUT2D eigenvalue weighted by atomic mass is 35.5. The summed E-state index contributed by atoms with van der Waals surface area (Å²) in [6.07, 6.45) is 0. The van der Waals surface area contributed by atoms with Crippen LogP contribution in [0, 0.1) is 0 Å². The summed E-state index contributed by atoms with van der Waals surface area (Å²) < 4.78 is 29.7. The highest BCUT2D eigenvalue weighted by Gasteiger charge is 2.22. The Bertz CT molecular complexity index is 1030. The molecule has 1 heterocycles. The number of hydrogen-bond donors (Lipinski definition) is 1. The van der Waals surface area contributed by atoms with Gasteiger partial charge in [0.15, 0.2) is 15.7 Å². The van der Waals surface area contributed by atoms with E-state index in [1.807, 2.05) is 37.3 Å². The molecule has 0 aliphatic rings. The Kier molecular flexibility index (Phi) is 5.57. The van der Waals surface area contributed by atoms with Crippen LogP contribution in [-0.2, 0) is 15.6 Å². The van der Waals surface area contributed by atoms with Crippen molar-refractivity contribution in [2.24, 2.45) is 0 Å². The second-order valence-electron chi connectivity index (χ2n) is 5.83. The lowest BCUT2D eigenvalue weighted by Gasteiger charge is -2.12. The number of hydrogen-bond acceptors (Lipinski definition) is 6. The molecular weight excluding hydrogens is 390 g/mol. The maximum absolute atomic E-state index is 12.4. The van der Waals surface area contributed by atoms with E-state index in [2.05, 4.69) is 15.5 Å². The average molecular weight is 406 g/mol. The van der Waals surface area contributed by atoms with Crippen LogP contribution in [0.15, 0.2) is 64.0 Å². The molecule has 1 N–H and O–H groups in total. The summed E-state index contributed by atoms with van der Waals surface area (Å²) in [4.78, 5) is 16.2. The molecule has 0 saturated heterocycles. The minimum atomic E-state index is -3.68. The third kappa shape index (κ3) is 4.72. The Morgan fingerprint density at radius 3 is 2.48 bits per heavy atom. The van der Waals surface area contributed by atoms with Gasteiger partial charge < -0.3 is 9.84 Å². The van der Waals surface area contributed by atoms with Crippen molar-refractivity contribution in [1.29, 1.82) is 0 Å². The number of sulfone groups is 1. The molecule has 2 aromatic carbocycles. The van der Waals surface area contributed by atoms with Gasteiger partial charge in [-0.15, -0.1) is 0 Å². The highest BCUT2D eigenvalue weighted by Crippen LogP contribution is 2.18. The molecule has 1 unspecified atom stereocenters. The van der Waals surface area contributed by atoms with E-state index in [1.165, 1.54) is 24.3 Å². The molecular formula is C18H16ClN3O4S. The number of aromatic nitrogens is 2. The lowest BCUT2D eigenvalue weighted by atomic mass is 10.1. The lowest BCUT2D eigenvalue weighted by molar-refractivity contribution is 0.0895. The number of carbonyl (C=O) groups is 1. The zero-order valence-electron chi connectivity index (χ0n) is 14.3. The van der Waals surface area contributed by atoms with Gasteiger partial charge in [-0.05, 0) is 36.8 Å². The van der Waals surface area contributed by atoms with Crippen LogP contribution in [0.4, 0.5) is 0 Å². The molecule has 7 nitrogen and oxygen atoms in total. The smallest absolute Gasteiger partial charge is 0.315 e. The molecule has 27 heavy (non-hydrogen) atoms. The SMILES string of the molecule is CC(NC(=O)c1nc(CS(=O)(=O)c2ccc(Cl)cc2)no1)c1ccccc1. The first-order valence-corrected chi connectivity index (χ1v) is 10.0. The Balaban J connectivity index is 1.69. The molecule has 0 saturated carbocycles. The molecule has 3 aromatic rings. The molecule has 3 rings (SSSR count). The summed E-state index contributed by atoms with van der Waals surface area (Å²) in [6.45, 7) is 1.81. The molecule has 1 aromatic heterocycles. The lowest BCUT2D eigenvalue weighted by Crippen LogP contribution is -2.26. The molecule has 0 spiro atoms. The monoisotopic (exact) mass is 405 g/mol. The molecule has 140 valence electrons. The zero-order valence-corrected chi connectivity index (χ0v) is 15.9. The fourth-order valence-corrected chi connectivity index (χ4v) is 3.68. The van der Waals surface area contributed by atoms with Gasteiger partial charge in [-0.1, -0.05) is 47.1 Å². The second kappa shape index (κ2) is 7.89. The number of amides is 1. The van der Waals surface area contributed by atoms with E-state index >= 15 is 0 Å². The fraction of sp³-hybridized carbons (Fsp3) is 0.167. The quantitative estimate of drug-likeness (QED) is 0.675. The molecule has 0 aliphatic carbocycles. The van der Waals surface area contributed by atoms with Gasteiger partial charge in [0.05, 0.1) is 10.9 Å². The van der Waals surface area contributed by atoms with Crippen molar-refractivity contribution in [3.63, 3.8) is 0 Å². The van der Waals surface area contributed by atoms with Crippen molar-refractivity contribution >= 4 is 27.3 Å². The summed E-state index contributed by atoms with van der Waals surface area (Å²) in [5.74, 6) is -1.45. The van der Waals surface area contributed by atoms with Gasteiger partial charge in [0, 0.05) is 5.02 Å². The van der Waals surface area contributed by atoms with Crippen molar-refractivity contribution in [3.05, 3.63) is 76.9 Å². The number of halogens is 1. The first-order chi connectivity index (χ1) is 12.8. The summed E-state index contributed by atoms with van der Waals surface area (Å²) >= 11 is 5.77. The molecule has 1 atom stereocenters. The van der Waals surface area contributed by atoms with E-state index in [-0.39, 0.29) is 22.7 Å². The van der Waals surface area contributed by atoms with E-state index < -0.39 is 21.5 Å². The van der Waals surface area contributed by atoms with E-state index in [1.54, 1.807) is 0 Å². The summed E-state index contributed by atoms with van der Waals surface area (Å²) in [5.41, 5.74) is 0.913. The predicted octanol–water partition coefficient (Wildman–Crippen LogP) is 3.19. The van der Waals surface area contributed by atoms with Crippen LogP contribution in [0.2, 0.25) is 5.02 Å². The van der Waals surface area contributed by atoms with Crippen molar-refractivity contribution in [3.8, 4) is 0 Å².